The summed E-state index contributed by atoms with van der Waals surface area (Å²) in [6, 6.07) is 9.89. The van der Waals surface area contributed by atoms with E-state index in [1.54, 1.807) is 0 Å². The quantitative estimate of drug-likeness (QED) is 0.807. The fourth-order valence-corrected chi connectivity index (χ4v) is 2.65. The Morgan fingerprint density at radius 1 is 1.11 bits per heavy atom. The molecular formula is C17H30N2. The molecule has 0 aliphatic carbocycles. The summed E-state index contributed by atoms with van der Waals surface area (Å²) in [7, 11) is 0. The van der Waals surface area contributed by atoms with E-state index >= 15 is 0 Å². The van der Waals surface area contributed by atoms with Crippen molar-refractivity contribution in [1.29, 1.82) is 0 Å². The first-order chi connectivity index (χ1) is 9.01. The van der Waals surface area contributed by atoms with Crippen LogP contribution < -0.4 is 5.73 Å². The second kappa shape index (κ2) is 7.66. The van der Waals surface area contributed by atoms with Crippen molar-refractivity contribution < 1.29 is 0 Å². The first-order valence-corrected chi connectivity index (χ1v) is 7.59. The Hall–Kier alpha value is -0.860. The van der Waals surface area contributed by atoms with E-state index in [1.165, 1.54) is 11.1 Å². The first kappa shape index (κ1) is 16.2. The van der Waals surface area contributed by atoms with Crippen molar-refractivity contribution in [3.8, 4) is 0 Å². The number of hydrogen-bond donors (Lipinski definition) is 1. The van der Waals surface area contributed by atoms with E-state index in [-0.39, 0.29) is 6.04 Å². The summed E-state index contributed by atoms with van der Waals surface area (Å²) < 4.78 is 0. The number of nitrogens with two attached hydrogens (primary N) is 1. The largest absolute Gasteiger partial charge is 0.326 e. The number of aryl methyl sites for hydroxylation is 1. The lowest BCUT2D eigenvalue weighted by atomic mass is 9.94. The van der Waals surface area contributed by atoms with Crippen molar-refractivity contribution >= 4 is 0 Å². The minimum absolute atomic E-state index is 0.191. The molecule has 0 aliphatic rings. The highest BCUT2D eigenvalue weighted by atomic mass is 15.2. The van der Waals surface area contributed by atoms with Crippen LogP contribution in [0.5, 0.6) is 0 Å². The van der Waals surface area contributed by atoms with Crippen LogP contribution in [0.4, 0.5) is 0 Å². The molecule has 0 aromatic heterocycles. The maximum absolute atomic E-state index is 6.41. The average Bonchev–Trinajstić information content (AvgIpc) is 2.39. The van der Waals surface area contributed by atoms with Gasteiger partial charge in [-0.1, -0.05) is 43.7 Å². The van der Waals surface area contributed by atoms with Crippen LogP contribution in [0.3, 0.4) is 0 Å². The predicted octanol–water partition coefficient (Wildman–Crippen LogP) is 3.89. The highest BCUT2D eigenvalue weighted by Gasteiger charge is 2.26. The zero-order valence-electron chi connectivity index (χ0n) is 13.2. The molecule has 0 heterocycles. The van der Waals surface area contributed by atoms with Crippen LogP contribution in [0.15, 0.2) is 24.3 Å². The van der Waals surface area contributed by atoms with Crippen LogP contribution in [-0.2, 0) is 0 Å². The lowest BCUT2D eigenvalue weighted by Gasteiger charge is -2.38. The molecular weight excluding hydrogens is 232 g/mol. The Kier molecular flexibility index (Phi) is 6.53. The number of rotatable bonds is 7. The van der Waals surface area contributed by atoms with E-state index in [2.05, 4.69) is 63.8 Å². The lowest BCUT2D eigenvalue weighted by Crippen LogP contribution is -2.44. The van der Waals surface area contributed by atoms with Gasteiger partial charge in [0.2, 0.25) is 0 Å². The summed E-state index contributed by atoms with van der Waals surface area (Å²) >= 11 is 0. The van der Waals surface area contributed by atoms with E-state index in [1.807, 2.05) is 0 Å². The second-order valence-electron chi connectivity index (χ2n) is 5.76. The van der Waals surface area contributed by atoms with Crippen molar-refractivity contribution in [1.82, 2.24) is 4.90 Å². The SMILES string of the molecule is CCCN(C(C)C)C(c1ccc(C)cc1)C(N)CC. The normalized spacial score (nSPS) is 14.9. The molecule has 0 saturated carbocycles. The van der Waals surface area contributed by atoms with E-state index in [0.29, 0.717) is 12.1 Å². The third kappa shape index (κ3) is 4.32. The minimum atomic E-state index is 0.191. The summed E-state index contributed by atoms with van der Waals surface area (Å²) in [4.78, 5) is 2.54. The van der Waals surface area contributed by atoms with Gasteiger partial charge in [-0.3, -0.25) is 4.90 Å². The molecule has 2 heteroatoms. The van der Waals surface area contributed by atoms with Crippen LogP contribution in [0.2, 0.25) is 0 Å². The molecule has 0 amide bonds. The summed E-state index contributed by atoms with van der Waals surface area (Å²) in [5.41, 5.74) is 9.07. The Labute approximate surface area is 119 Å². The molecule has 108 valence electrons. The van der Waals surface area contributed by atoms with Crippen LogP contribution in [-0.4, -0.2) is 23.5 Å². The molecule has 0 saturated heterocycles. The second-order valence-corrected chi connectivity index (χ2v) is 5.76. The van der Waals surface area contributed by atoms with Crippen LogP contribution >= 0.6 is 0 Å². The molecule has 2 atom stereocenters. The standard InChI is InChI=1S/C17H30N2/c1-6-12-19(13(3)4)17(16(18)7-2)15-10-8-14(5)9-11-15/h8-11,13,16-17H,6-7,12,18H2,1-5H3. The van der Waals surface area contributed by atoms with Gasteiger partial charge in [-0.05, 0) is 45.7 Å². The van der Waals surface area contributed by atoms with Gasteiger partial charge in [0.1, 0.15) is 0 Å². The van der Waals surface area contributed by atoms with Gasteiger partial charge in [-0.15, -0.1) is 0 Å². The van der Waals surface area contributed by atoms with Crippen LogP contribution in [0, 0.1) is 6.92 Å². The molecule has 0 spiro atoms. The molecule has 1 aromatic carbocycles. The van der Waals surface area contributed by atoms with Crippen LogP contribution in [0.25, 0.3) is 0 Å². The monoisotopic (exact) mass is 262 g/mol. The molecule has 19 heavy (non-hydrogen) atoms. The Balaban J connectivity index is 3.08. The Morgan fingerprint density at radius 3 is 2.11 bits per heavy atom. The van der Waals surface area contributed by atoms with Gasteiger partial charge in [-0.25, -0.2) is 0 Å². The van der Waals surface area contributed by atoms with Crippen molar-refractivity contribution in [2.75, 3.05) is 6.54 Å². The van der Waals surface area contributed by atoms with E-state index < -0.39 is 0 Å². The molecule has 0 fully saturated rings. The summed E-state index contributed by atoms with van der Waals surface area (Å²) in [5.74, 6) is 0. The van der Waals surface area contributed by atoms with Crippen molar-refractivity contribution in [3.05, 3.63) is 35.4 Å². The fourth-order valence-electron chi connectivity index (χ4n) is 2.65. The van der Waals surface area contributed by atoms with Gasteiger partial charge in [0, 0.05) is 12.1 Å². The van der Waals surface area contributed by atoms with Crippen molar-refractivity contribution in [3.63, 3.8) is 0 Å². The molecule has 1 rings (SSSR count). The molecule has 0 aliphatic heterocycles. The molecule has 2 N–H and O–H groups in total. The summed E-state index contributed by atoms with van der Waals surface area (Å²) in [5, 5.41) is 0. The maximum Gasteiger partial charge on any atom is 0.0501 e. The van der Waals surface area contributed by atoms with Gasteiger partial charge in [0.15, 0.2) is 0 Å². The number of nitrogens with zero attached hydrogens (tertiary/aromatic N) is 1. The van der Waals surface area contributed by atoms with Crippen molar-refractivity contribution in [2.24, 2.45) is 5.73 Å². The fraction of sp³-hybridized carbons (Fsp3) is 0.647. The lowest BCUT2D eigenvalue weighted by molar-refractivity contribution is 0.130. The molecule has 1 aromatic rings. The highest BCUT2D eigenvalue weighted by Crippen LogP contribution is 2.27. The predicted molar refractivity (Wildman–Crippen MR) is 84.3 cm³/mol. The van der Waals surface area contributed by atoms with E-state index in [0.717, 1.165) is 19.4 Å². The van der Waals surface area contributed by atoms with Gasteiger partial charge in [0.25, 0.3) is 0 Å². The minimum Gasteiger partial charge on any atom is -0.326 e. The van der Waals surface area contributed by atoms with Crippen LogP contribution in [0.1, 0.15) is 57.7 Å². The number of benzene rings is 1. The van der Waals surface area contributed by atoms with E-state index in [9.17, 15) is 0 Å². The smallest absolute Gasteiger partial charge is 0.0501 e. The van der Waals surface area contributed by atoms with E-state index in [4.69, 9.17) is 5.73 Å². The molecule has 2 unspecified atom stereocenters. The molecule has 0 radical (unpaired) electrons. The third-order valence-corrected chi connectivity index (χ3v) is 3.80. The average molecular weight is 262 g/mol. The summed E-state index contributed by atoms with van der Waals surface area (Å²) in [6.45, 7) is 12.2. The van der Waals surface area contributed by atoms with Crippen molar-refractivity contribution in [2.45, 2.75) is 65.6 Å². The third-order valence-electron chi connectivity index (χ3n) is 3.80. The molecule has 0 bridgehead atoms. The van der Waals surface area contributed by atoms with Gasteiger partial charge in [-0.2, -0.15) is 0 Å². The zero-order chi connectivity index (χ0) is 14.4. The van der Waals surface area contributed by atoms with Gasteiger partial charge < -0.3 is 5.73 Å². The Bertz CT molecular complexity index is 356. The van der Waals surface area contributed by atoms with Gasteiger partial charge in [0.05, 0.1) is 6.04 Å². The maximum atomic E-state index is 6.41. The first-order valence-electron chi connectivity index (χ1n) is 7.59. The Morgan fingerprint density at radius 2 is 1.68 bits per heavy atom. The summed E-state index contributed by atoms with van der Waals surface area (Å²) in [6.07, 6.45) is 2.17. The molecule has 2 nitrogen and oxygen atoms in total. The van der Waals surface area contributed by atoms with Gasteiger partial charge >= 0.3 is 0 Å². The number of hydrogen-bond acceptors (Lipinski definition) is 2. The highest BCUT2D eigenvalue weighted by molar-refractivity contribution is 5.25. The zero-order valence-corrected chi connectivity index (χ0v) is 13.2. The topological polar surface area (TPSA) is 29.3 Å².